The maximum Gasteiger partial charge on any atom is 0.0894 e. The first-order valence-electron chi connectivity index (χ1n) is 9.72. The van der Waals surface area contributed by atoms with Gasteiger partial charge in [0.1, 0.15) is 0 Å². The van der Waals surface area contributed by atoms with Crippen LogP contribution in [-0.4, -0.2) is 28.9 Å². The molecule has 0 radical (unpaired) electrons. The van der Waals surface area contributed by atoms with Crippen molar-refractivity contribution in [3.63, 3.8) is 0 Å². The van der Waals surface area contributed by atoms with Crippen LogP contribution in [-0.2, 0) is 0 Å². The summed E-state index contributed by atoms with van der Waals surface area (Å²) in [5.41, 5.74) is 5.42. The van der Waals surface area contributed by atoms with Crippen LogP contribution in [0.15, 0.2) is 12.2 Å². The number of nitrogens with two attached hydrogens (primary N) is 1. The summed E-state index contributed by atoms with van der Waals surface area (Å²) < 4.78 is 14.1. The first-order valence-corrected chi connectivity index (χ1v) is 8.72. The van der Waals surface area contributed by atoms with Crippen molar-refractivity contribution in [2.45, 2.75) is 96.1 Å². The third-order valence-corrected chi connectivity index (χ3v) is 3.82. The molecule has 0 saturated carbocycles. The Hall–Kier alpha value is -0.380. The zero-order valence-corrected chi connectivity index (χ0v) is 13.8. The van der Waals surface area contributed by atoms with Gasteiger partial charge in [-0.15, -0.1) is 0 Å². The average molecular weight is 303 g/mol. The summed E-state index contributed by atoms with van der Waals surface area (Å²) in [5, 5.41) is 18.7. The largest absolute Gasteiger partial charge is 0.395 e. The van der Waals surface area contributed by atoms with Crippen molar-refractivity contribution in [2.24, 2.45) is 5.73 Å². The summed E-state index contributed by atoms with van der Waals surface area (Å²) in [5.74, 6) is 0. The van der Waals surface area contributed by atoms with Gasteiger partial charge in [-0.3, -0.25) is 0 Å². The van der Waals surface area contributed by atoms with Gasteiger partial charge in [0.2, 0.25) is 0 Å². The van der Waals surface area contributed by atoms with Crippen molar-refractivity contribution in [2.75, 3.05) is 6.56 Å². The van der Waals surface area contributed by atoms with E-state index in [2.05, 4.69) is 6.92 Å². The lowest BCUT2D eigenvalue weighted by Crippen LogP contribution is -2.36. The van der Waals surface area contributed by atoms with Crippen molar-refractivity contribution < 1.29 is 13.0 Å². The van der Waals surface area contributed by atoms with E-state index in [4.69, 9.17) is 13.6 Å². The standard InChI is InChI=1S/C18H37NO2/c1-2-3-4-5-6-7-8-9-10-11-12-13-14-15-18(21)17(19)16-20/h14-15,17-18,20-21H,2-13,16,19H2,1H3/t17-,18+/m0/s1/i16+1D2,17+1. The molecule has 0 heterocycles. The molecule has 3 nitrogen and oxygen atoms in total. The molecule has 0 bridgehead atoms. The number of allylic oxidation sites excluding steroid dienone is 1. The van der Waals surface area contributed by atoms with Gasteiger partial charge in [-0.2, -0.15) is 0 Å². The van der Waals surface area contributed by atoms with E-state index in [9.17, 15) is 5.11 Å². The van der Waals surface area contributed by atoms with Crippen LogP contribution in [0.5, 0.6) is 0 Å². The van der Waals surface area contributed by atoms with Crippen LogP contribution >= 0.6 is 0 Å². The van der Waals surface area contributed by atoms with Crippen molar-refractivity contribution in [1.29, 1.82) is 0 Å². The van der Waals surface area contributed by atoms with Gasteiger partial charge in [-0.25, -0.2) is 0 Å². The van der Waals surface area contributed by atoms with Crippen LogP contribution in [0.1, 0.15) is 86.7 Å². The third kappa shape index (κ3) is 14.3. The molecule has 4 N–H and O–H groups in total. The molecule has 0 aromatic rings. The summed E-state index contributed by atoms with van der Waals surface area (Å²) >= 11 is 0. The number of hydrogen-bond donors (Lipinski definition) is 3. The molecule has 0 aromatic carbocycles. The fourth-order valence-electron chi connectivity index (χ4n) is 2.36. The minimum absolute atomic E-state index is 0.856. The second-order valence-corrected chi connectivity index (χ2v) is 5.90. The van der Waals surface area contributed by atoms with Gasteiger partial charge in [0, 0.05) is 0 Å². The van der Waals surface area contributed by atoms with E-state index < -0.39 is 18.7 Å². The number of aliphatic hydroxyl groups excluding tert-OH is 1. The Morgan fingerprint density at radius 3 is 1.90 bits per heavy atom. The minimum atomic E-state index is -2.56. The Morgan fingerprint density at radius 2 is 1.43 bits per heavy atom. The highest BCUT2D eigenvalue weighted by molar-refractivity contribution is 4.93. The second-order valence-electron chi connectivity index (χ2n) is 5.90. The molecule has 0 aliphatic heterocycles. The molecule has 0 aliphatic carbocycles. The van der Waals surface area contributed by atoms with Gasteiger partial charge in [0.05, 0.1) is 21.4 Å². The number of aliphatic hydroxyl groups is 2. The van der Waals surface area contributed by atoms with Crippen molar-refractivity contribution in [1.82, 2.24) is 0 Å². The van der Waals surface area contributed by atoms with Gasteiger partial charge in [0.25, 0.3) is 0 Å². The molecule has 21 heavy (non-hydrogen) atoms. The normalized spacial score (nSPS) is 16.8. The van der Waals surface area contributed by atoms with E-state index in [0.29, 0.717) is 0 Å². The van der Waals surface area contributed by atoms with Gasteiger partial charge in [0.15, 0.2) is 0 Å². The maximum atomic E-state index is 9.62. The molecular weight excluding hydrogens is 264 g/mol. The average Bonchev–Trinajstić information content (AvgIpc) is 2.50. The van der Waals surface area contributed by atoms with Gasteiger partial charge < -0.3 is 15.9 Å². The number of rotatable bonds is 15. The fraction of sp³-hybridized carbons (Fsp3) is 0.889. The molecule has 0 aliphatic rings. The highest BCUT2D eigenvalue weighted by atomic mass is 16.3. The Labute approximate surface area is 134 Å². The first kappa shape index (κ1) is 17.0. The Balaban J connectivity index is 3.41. The summed E-state index contributed by atoms with van der Waals surface area (Å²) in [6.45, 7) is -0.310. The molecular formula is C18H37NO2. The molecule has 3 heteroatoms. The monoisotopic (exact) mass is 303 g/mol. The van der Waals surface area contributed by atoms with Crippen molar-refractivity contribution in [3.8, 4) is 0 Å². The topological polar surface area (TPSA) is 66.5 Å². The van der Waals surface area contributed by atoms with Gasteiger partial charge in [-0.1, -0.05) is 83.3 Å². The quantitative estimate of drug-likeness (QED) is 0.244. The van der Waals surface area contributed by atoms with E-state index in [1.165, 1.54) is 70.3 Å². The fourth-order valence-corrected chi connectivity index (χ4v) is 2.36. The first-order chi connectivity index (χ1) is 10.9. The lowest BCUT2D eigenvalue weighted by Gasteiger charge is -2.11. The van der Waals surface area contributed by atoms with Crippen LogP contribution in [0.4, 0.5) is 0 Å². The number of hydrogen-bond acceptors (Lipinski definition) is 3. The van der Waals surface area contributed by atoms with Crippen LogP contribution < -0.4 is 5.73 Å². The van der Waals surface area contributed by atoms with Gasteiger partial charge in [-0.05, 0) is 12.8 Å². The molecule has 2 atom stereocenters. The predicted octanol–water partition coefficient (Wildman–Crippen LogP) is 3.92. The highest BCUT2D eigenvalue weighted by Gasteiger charge is 2.08. The Bertz CT molecular complexity index is 293. The summed E-state index contributed by atoms with van der Waals surface area (Å²) in [7, 11) is 0. The number of unbranched alkanes of at least 4 members (excludes halogenated alkanes) is 11. The zero-order valence-electron chi connectivity index (χ0n) is 15.8. The van der Waals surface area contributed by atoms with Crippen molar-refractivity contribution >= 4 is 0 Å². The van der Waals surface area contributed by atoms with Crippen LogP contribution in [0, 0.1) is 0 Å². The zero-order chi connectivity index (χ0) is 17.6. The van der Waals surface area contributed by atoms with E-state index in [1.807, 2.05) is 6.08 Å². The maximum absolute atomic E-state index is 9.62. The lowest BCUT2D eigenvalue weighted by atomic mass is 10.1. The van der Waals surface area contributed by atoms with Crippen LogP contribution in [0.3, 0.4) is 0 Å². The third-order valence-electron chi connectivity index (χ3n) is 3.82. The van der Waals surface area contributed by atoms with Crippen molar-refractivity contribution in [3.05, 3.63) is 12.2 Å². The van der Waals surface area contributed by atoms with E-state index in [1.54, 1.807) is 0 Å². The Morgan fingerprint density at radius 1 is 0.952 bits per heavy atom. The smallest absolute Gasteiger partial charge is 0.0894 e. The van der Waals surface area contributed by atoms with Crippen LogP contribution in [0.2, 0.25) is 0 Å². The predicted molar refractivity (Wildman–Crippen MR) is 91.3 cm³/mol. The van der Waals surface area contributed by atoms with E-state index in [-0.39, 0.29) is 0 Å². The van der Waals surface area contributed by atoms with E-state index in [0.717, 1.165) is 12.8 Å². The summed E-state index contributed by atoms with van der Waals surface area (Å²) in [6, 6.07) is -1.31. The molecule has 126 valence electrons. The lowest BCUT2D eigenvalue weighted by molar-refractivity contribution is 0.144. The highest BCUT2D eigenvalue weighted by Crippen LogP contribution is 2.12. The summed E-state index contributed by atoms with van der Waals surface area (Å²) in [6.07, 6.45) is 17.3. The molecule has 0 fully saturated rings. The molecule has 0 aromatic heterocycles. The SMILES string of the molecule is [2H][13C]([2H])(O)[13C@H](N)[C@H](O)C=CCCCCCCCCCCCCC. The Kier molecular flexibility index (Phi) is 12.9. The second kappa shape index (κ2) is 16.0. The molecule has 0 rings (SSSR count). The van der Waals surface area contributed by atoms with E-state index >= 15 is 0 Å². The minimum Gasteiger partial charge on any atom is -0.395 e. The van der Waals surface area contributed by atoms with Gasteiger partial charge >= 0.3 is 0 Å². The summed E-state index contributed by atoms with van der Waals surface area (Å²) in [4.78, 5) is 0. The van der Waals surface area contributed by atoms with Crippen LogP contribution in [0.25, 0.3) is 0 Å². The molecule has 0 spiro atoms. The molecule has 0 amide bonds. The molecule has 0 saturated heterocycles. The molecule has 0 unspecified atom stereocenters.